The minimum atomic E-state index is -0.261. The maximum absolute atomic E-state index is 9.66. The molecular formula is C14H20BrN3O2. The highest BCUT2D eigenvalue weighted by Gasteiger charge is 2.25. The lowest BCUT2D eigenvalue weighted by Crippen LogP contribution is -2.38. The lowest BCUT2D eigenvalue weighted by atomic mass is 9.91. The van der Waals surface area contributed by atoms with E-state index < -0.39 is 0 Å². The molecule has 1 fully saturated rings. The molecule has 110 valence electrons. The second kappa shape index (κ2) is 6.45. The Balaban J connectivity index is 2.24. The lowest BCUT2D eigenvalue weighted by Gasteiger charge is -2.35. The molecule has 0 bridgehead atoms. The van der Waals surface area contributed by atoms with Gasteiger partial charge in [0.15, 0.2) is 5.84 Å². The molecule has 1 unspecified atom stereocenters. The van der Waals surface area contributed by atoms with E-state index in [0.717, 1.165) is 36.1 Å². The summed E-state index contributed by atoms with van der Waals surface area (Å²) in [6.45, 7) is 3.57. The molecule has 0 spiro atoms. The van der Waals surface area contributed by atoms with Crippen LogP contribution in [0.2, 0.25) is 0 Å². The molecule has 4 N–H and O–H groups in total. The first-order valence-corrected chi connectivity index (χ1v) is 7.53. The van der Waals surface area contributed by atoms with Gasteiger partial charge in [-0.1, -0.05) is 11.2 Å². The maximum atomic E-state index is 9.66. The second-order valence-corrected chi connectivity index (χ2v) is 6.04. The van der Waals surface area contributed by atoms with Crippen LogP contribution in [0.5, 0.6) is 0 Å². The van der Waals surface area contributed by atoms with Crippen LogP contribution in [-0.2, 0) is 0 Å². The van der Waals surface area contributed by atoms with Crippen molar-refractivity contribution < 1.29 is 10.3 Å². The van der Waals surface area contributed by atoms with Gasteiger partial charge in [0.1, 0.15) is 0 Å². The molecule has 20 heavy (non-hydrogen) atoms. The number of piperidine rings is 1. The van der Waals surface area contributed by atoms with E-state index in [4.69, 9.17) is 10.9 Å². The van der Waals surface area contributed by atoms with Crippen LogP contribution >= 0.6 is 15.9 Å². The first-order chi connectivity index (χ1) is 9.54. The molecule has 0 aliphatic carbocycles. The molecule has 2 rings (SSSR count). The largest absolute Gasteiger partial charge is 0.409 e. The van der Waals surface area contributed by atoms with Crippen molar-refractivity contribution >= 4 is 27.5 Å². The molecule has 1 aliphatic heterocycles. The summed E-state index contributed by atoms with van der Waals surface area (Å²) in [5, 5.41) is 21.7. The average Bonchev–Trinajstić information content (AvgIpc) is 2.46. The highest BCUT2D eigenvalue weighted by molar-refractivity contribution is 9.10. The maximum Gasteiger partial charge on any atom is 0.173 e. The smallest absolute Gasteiger partial charge is 0.173 e. The van der Waals surface area contributed by atoms with Crippen molar-refractivity contribution in [3.8, 4) is 0 Å². The Hall–Kier alpha value is -1.27. The number of anilines is 1. The Morgan fingerprint density at radius 3 is 2.65 bits per heavy atom. The summed E-state index contributed by atoms with van der Waals surface area (Å²) in [4.78, 5) is 2.22. The summed E-state index contributed by atoms with van der Waals surface area (Å²) in [5.41, 5.74) is 7.45. The third-order valence-corrected chi connectivity index (χ3v) is 4.58. The molecule has 5 nitrogen and oxygen atoms in total. The fourth-order valence-electron chi connectivity index (χ4n) is 2.70. The number of nitrogens with two attached hydrogens (primary N) is 1. The molecule has 0 saturated carbocycles. The summed E-state index contributed by atoms with van der Waals surface area (Å²) in [5.74, 6) is 0.454. The highest BCUT2D eigenvalue weighted by atomic mass is 79.9. The van der Waals surface area contributed by atoms with Crippen LogP contribution in [0.4, 0.5) is 5.69 Å². The van der Waals surface area contributed by atoms with Crippen molar-refractivity contribution in [1.82, 2.24) is 0 Å². The number of hydrogen-bond donors (Lipinski definition) is 3. The minimum Gasteiger partial charge on any atom is -0.409 e. The van der Waals surface area contributed by atoms with E-state index in [-0.39, 0.29) is 11.9 Å². The van der Waals surface area contributed by atoms with Crippen LogP contribution in [0.25, 0.3) is 0 Å². The predicted molar refractivity (Wildman–Crippen MR) is 83.3 cm³/mol. The topological polar surface area (TPSA) is 82.1 Å². The standard InChI is InChI=1S/C14H20BrN3O2/c1-9(19)10-5-7-18(8-6-10)12-4-2-3-11(15)13(12)14(16)17-20/h2-4,9-10,19-20H,5-8H2,1H3,(H2,16,17). The number of aliphatic hydroxyl groups is 1. The lowest BCUT2D eigenvalue weighted by molar-refractivity contribution is 0.110. The second-order valence-electron chi connectivity index (χ2n) is 5.18. The van der Waals surface area contributed by atoms with Crippen molar-refractivity contribution in [2.45, 2.75) is 25.9 Å². The van der Waals surface area contributed by atoms with Crippen molar-refractivity contribution in [2.24, 2.45) is 16.8 Å². The van der Waals surface area contributed by atoms with Gasteiger partial charge in [0.05, 0.1) is 11.7 Å². The number of oxime groups is 1. The van der Waals surface area contributed by atoms with E-state index in [1.54, 1.807) is 0 Å². The molecule has 0 radical (unpaired) electrons. The van der Waals surface area contributed by atoms with Crippen molar-refractivity contribution in [3.63, 3.8) is 0 Å². The third-order valence-electron chi connectivity index (χ3n) is 3.92. The van der Waals surface area contributed by atoms with E-state index in [9.17, 15) is 5.11 Å². The van der Waals surface area contributed by atoms with Crippen LogP contribution in [0, 0.1) is 5.92 Å². The molecule has 0 amide bonds. The van der Waals surface area contributed by atoms with Crippen LogP contribution in [0.15, 0.2) is 27.8 Å². The van der Waals surface area contributed by atoms with Crippen molar-refractivity contribution in [3.05, 3.63) is 28.2 Å². The first kappa shape index (κ1) is 15.1. The molecule has 1 aromatic rings. The molecule has 1 aliphatic rings. The fourth-order valence-corrected chi connectivity index (χ4v) is 3.26. The number of nitrogens with zero attached hydrogens (tertiary/aromatic N) is 2. The summed E-state index contributed by atoms with van der Waals surface area (Å²) < 4.78 is 0.808. The van der Waals surface area contributed by atoms with Gasteiger partial charge in [-0.3, -0.25) is 0 Å². The van der Waals surface area contributed by atoms with E-state index in [1.807, 2.05) is 25.1 Å². The molecule has 1 atom stereocenters. The summed E-state index contributed by atoms with van der Waals surface area (Å²) in [7, 11) is 0. The fraction of sp³-hybridized carbons (Fsp3) is 0.500. The summed E-state index contributed by atoms with van der Waals surface area (Å²) in [6, 6.07) is 5.79. The van der Waals surface area contributed by atoms with Gasteiger partial charge in [-0.25, -0.2) is 0 Å². The Labute approximate surface area is 127 Å². The van der Waals surface area contributed by atoms with Gasteiger partial charge >= 0.3 is 0 Å². The zero-order valence-corrected chi connectivity index (χ0v) is 13.0. The zero-order chi connectivity index (χ0) is 14.7. The SMILES string of the molecule is CC(O)C1CCN(c2cccc(Br)c2/C(N)=N/O)CC1. The van der Waals surface area contributed by atoms with Crippen LogP contribution in [0.1, 0.15) is 25.3 Å². The number of halogens is 1. The number of hydrogen-bond acceptors (Lipinski definition) is 4. The average molecular weight is 342 g/mol. The molecule has 1 aromatic carbocycles. The monoisotopic (exact) mass is 341 g/mol. The van der Waals surface area contributed by atoms with Gasteiger partial charge in [0, 0.05) is 23.2 Å². The van der Waals surface area contributed by atoms with E-state index >= 15 is 0 Å². The van der Waals surface area contributed by atoms with Crippen LogP contribution < -0.4 is 10.6 Å². The molecule has 1 saturated heterocycles. The summed E-state index contributed by atoms with van der Waals surface area (Å²) in [6.07, 6.45) is 1.63. The Morgan fingerprint density at radius 2 is 2.10 bits per heavy atom. The van der Waals surface area contributed by atoms with Gasteiger partial charge in [-0.15, -0.1) is 0 Å². The number of benzene rings is 1. The number of aliphatic hydroxyl groups excluding tert-OH is 1. The third kappa shape index (κ3) is 3.07. The Kier molecular flexibility index (Phi) is 4.88. The first-order valence-electron chi connectivity index (χ1n) is 6.74. The van der Waals surface area contributed by atoms with E-state index in [1.165, 1.54) is 0 Å². The summed E-state index contributed by atoms with van der Waals surface area (Å²) >= 11 is 3.45. The molecule has 0 aromatic heterocycles. The van der Waals surface area contributed by atoms with Gasteiger partial charge < -0.3 is 20.9 Å². The molecule has 1 heterocycles. The van der Waals surface area contributed by atoms with Gasteiger partial charge in [0.2, 0.25) is 0 Å². The van der Waals surface area contributed by atoms with Crippen LogP contribution in [-0.4, -0.2) is 35.3 Å². The van der Waals surface area contributed by atoms with Crippen LogP contribution in [0.3, 0.4) is 0 Å². The minimum absolute atomic E-state index is 0.102. The molecule has 6 heteroatoms. The van der Waals surface area contributed by atoms with Crippen molar-refractivity contribution in [2.75, 3.05) is 18.0 Å². The Bertz CT molecular complexity index is 497. The van der Waals surface area contributed by atoms with Gasteiger partial charge in [-0.2, -0.15) is 0 Å². The van der Waals surface area contributed by atoms with E-state index in [2.05, 4.69) is 26.0 Å². The predicted octanol–water partition coefficient (Wildman–Crippen LogP) is 2.14. The quantitative estimate of drug-likeness (QED) is 0.340. The van der Waals surface area contributed by atoms with Crippen molar-refractivity contribution in [1.29, 1.82) is 0 Å². The normalized spacial score (nSPS) is 19.1. The zero-order valence-electron chi connectivity index (χ0n) is 11.5. The number of rotatable bonds is 3. The van der Waals surface area contributed by atoms with Gasteiger partial charge in [0.25, 0.3) is 0 Å². The number of amidine groups is 1. The Morgan fingerprint density at radius 1 is 1.45 bits per heavy atom. The highest BCUT2D eigenvalue weighted by Crippen LogP contribution is 2.31. The molecular weight excluding hydrogens is 322 g/mol. The van der Waals surface area contributed by atoms with Gasteiger partial charge in [-0.05, 0) is 53.7 Å². The van der Waals surface area contributed by atoms with E-state index in [0.29, 0.717) is 11.5 Å².